The molecule has 1 N–H and O–H groups in total. The topological polar surface area (TPSA) is 63.7 Å². The van der Waals surface area contributed by atoms with Gasteiger partial charge < -0.3 is 19.7 Å². The maximum absolute atomic E-state index is 12.9. The standard InChI is InChI=1S/C20H23N3O3/c24-20(22-17-7-6-15-13-25-14-16(15)10-17)23(12-19-5-3-9-26-19)11-18-4-1-2-8-21-18/h1-2,4,6-8,10,19H,3,5,9,11-14H2,(H,22,24)/t19-/m0/s1. The lowest BCUT2D eigenvalue weighted by Crippen LogP contribution is -2.39. The molecule has 0 saturated carbocycles. The van der Waals surface area contributed by atoms with Crippen LogP contribution >= 0.6 is 0 Å². The van der Waals surface area contributed by atoms with Gasteiger partial charge in [0.2, 0.25) is 0 Å². The van der Waals surface area contributed by atoms with Gasteiger partial charge in [-0.2, -0.15) is 0 Å². The molecule has 2 aliphatic heterocycles. The van der Waals surface area contributed by atoms with Crippen molar-refractivity contribution in [3.05, 3.63) is 59.4 Å². The molecule has 3 heterocycles. The third-order valence-electron chi connectivity index (χ3n) is 4.79. The number of nitrogens with zero attached hydrogens (tertiary/aromatic N) is 2. The minimum Gasteiger partial charge on any atom is -0.376 e. The number of amides is 2. The highest BCUT2D eigenvalue weighted by atomic mass is 16.5. The van der Waals surface area contributed by atoms with E-state index in [1.807, 2.05) is 36.4 Å². The number of rotatable bonds is 5. The van der Waals surface area contributed by atoms with Crippen molar-refractivity contribution >= 4 is 11.7 Å². The van der Waals surface area contributed by atoms with Crippen molar-refractivity contribution in [1.82, 2.24) is 9.88 Å². The Morgan fingerprint density at radius 1 is 1.23 bits per heavy atom. The number of hydrogen-bond acceptors (Lipinski definition) is 4. The summed E-state index contributed by atoms with van der Waals surface area (Å²) in [4.78, 5) is 19.0. The van der Waals surface area contributed by atoms with Crippen molar-refractivity contribution in [3.8, 4) is 0 Å². The number of fused-ring (bicyclic) bond motifs is 1. The third kappa shape index (κ3) is 4.03. The maximum atomic E-state index is 12.9. The lowest BCUT2D eigenvalue weighted by molar-refractivity contribution is 0.0816. The van der Waals surface area contributed by atoms with Crippen molar-refractivity contribution in [2.45, 2.75) is 38.7 Å². The maximum Gasteiger partial charge on any atom is 0.322 e. The smallest absolute Gasteiger partial charge is 0.322 e. The first-order chi connectivity index (χ1) is 12.8. The Bertz CT molecular complexity index is 760. The Hall–Kier alpha value is -2.44. The van der Waals surface area contributed by atoms with Crippen LogP contribution in [-0.2, 0) is 29.2 Å². The lowest BCUT2D eigenvalue weighted by Gasteiger charge is -2.25. The molecule has 1 atom stereocenters. The zero-order valence-electron chi connectivity index (χ0n) is 14.7. The molecule has 0 radical (unpaired) electrons. The molecule has 6 heteroatoms. The third-order valence-corrected chi connectivity index (χ3v) is 4.79. The van der Waals surface area contributed by atoms with Crippen LogP contribution in [0.5, 0.6) is 0 Å². The summed E-state index contributed by atoms with van der Waals surface area (Å²) in [6.45, 7) is 3.05. The van der Waals surface area contributed by atoms with Crippen LogP contribution in [0.15, 0.2) is 42.6 Å². The van der Waals surface area contributed by atoms with E-state index in [1.165, 1.54) is 5.56 Å². The molecule has 6 nitrogen and oxygen atoms in total. The summed E-state index contributed by atoms with van der Waals surface area (Å²) in [5, 5.41) is 3.01. The lowest BCUT2D eigenvalue weighted by atomic mass is 10.1. The molecule has 1 aromatic heterocycles. The number of nitrogens with one attached hydrogen (secondary N) is 1. The highest BCUT2D eigenvalue weighted by Crippen LogP contribution is 2.24. The molecule has 26 heavy (non-hydrogen) atoms. The highest BCUT2D eigenvalue weighted by Gasteiger charge is 2.23. The van der Waals surface area contributed by atoms with Crippen LogP contribution in [0.25, 0.3) is 0 Å². The van der Waals surface area contributed by atoms with Gasteiger partial charge in [0.1, 0.15) is 0 Å². The van der Waals surface area contributed by atoms with E-state index in [4.69, 9.17) is 9.47 Å². The molecular weight excluding hydrogens is 330 g/mol. The Morgan fingerprint density at radius 3 is 2.96 bits per heavy atom. The second-order valence-corrected chi connectivity index (χ2v) is 6.74. The first-order valence-electron chi connectivity index (χ1n) is 9.05. The SMILES string of the molecule is O=C(Nc1ccc2c(c1)COC2)N(Cc1ccccn1)C[C@@H]1CCCO1. The molecular formula is C20H23N3O3. The van der Waals surface area contributed by atoms with E-state index in [0.29, 0.717) is 26.3 Å². The summed E-state index contributed by atoms with van der Waals surface area (Å²) < 4.78 is 11.2. The summed E-state index contributed by atoms with van der Waals surface area (Å²) in [6, 6.07) is 11.5. The summed E-state index contributed by atoms with van der Waals surface area (Å²) in [5.74, 6) is 0. The summed E-state index contributed by atoms with van der Waals surface area (Å²) in [6.07, 6.45) is 3.88. The number of urea groups is 1. The molecule has 1 saturated heterocycles. The van der Waals surface area contributed by atoms with Crippen LogP contribution in [-0.4, -0.2) is 35.2 Å². The van der Waals surface area contributed by atoms with E-state index in [-0.39, 0.29) is 12.1 Å². The minimum atomic E-state index is -0.134. The van der Waals surface area contributed by atoms with Gasteiger partial charge in [0, 0.05) is 25.0 Å². The van der Waals surface area contributed by atoms with Gasteiger partial charge in [-0.1, -0.05) is 12.1 Å². The first-order valence-corrected chi connectivity index (χ1v) is 9.05. The zero-order valence-corrected chi connectivity index (χ0v) is 14.7. The van der Waals surface area contributed by atoms with Crippen LogP contribution in [0.1, 0.15) is 29.7 Å². The van der Waals surface area contributed by atoms with E-state index in [2.05, 4.69) is 10.3 Å². The monoisotopic (exact) mass is 353 g/mol. The molecule has 0 aliphatic carbocycles. The highest BCUT2D eigenvalue weighted by molar-refractivity contribution is 5.89. The summed E-state index contributed by atoms with van der Waals surface area (Å²) in [5.41, 5.74) is 3.98. The van der Waals surface area contributed by atoms with E-state index < -0.39 is 0 Å². The van der Waals surface area contributed by atoms with Crippen LogP contribution in [0.4, 0.5) is 10.5 Å². The Morgan fingerprint density at radius 2 is 2.15 bits per heavy atom. The first kappa shape index (κ1) is 17.0. The number of benzene rings is 1. The normalized spacial score (nSPS) is 18.5. The van der Waals surface area contributed by atoms with Crippen LogP contribution in [0.2, 0.25) is 0 Å². The molecule has 1 fully saturated rings. The van der Waals surface area contributed by atoms with Gasteiger partial charge >= 0.3 is 6.03 Å². The number of ether oxygens (including phenoxy) is 2. The largest absolute Gasteiger partial charge is 0.376 e. The van der Waals surface area contributed by atoms with Crippen molar-refractivity contribution < 1.29 is 14.3 Å². The quantitative estimate of drug-likeness (QED) is 0.896. The van der Waals surface area contributed by atoms with E-state index in [1.54, 1.807) is 11.1 Å². The van der Waals surface area contributed by atoms with Gasteiger partial charge in [-0.3, -0.25) is 4.98 Å². The molecule has 2 aromatic rings. The van der Waals surface area contributed by atoms with Crippen molar-refractivity contribution in [2.75, 3.05) is 18.5 Å². The predicted octanol–water partition coefficient (Wildman–Crippen LogP) is 3.32. The van der Waals surface area contributed by atoms with E-state index in [9.17, 15) is 4.79 Å². The fourth-order valence-electron chi connectivity index (χ4n) is 3.39. The number of carbonyl (C=O) groups is 1. The van der Waals surface area contributed by atoms with Crippen LogP contribution in [0, 0.1) is 0 Å². The molecule has 0 spiro atoms. The minimum absolute atomic E-state index is 0.0953. The van der Waals surface area contributed by atoms with Crippen molar-refractivity contribution in [3.63, 3.8) is 0 Å². The van der Waals surface area contributed by atoms with Crippen LogP contribution in [0.3, 0.4) is 0 Å². The Labute approximate surface area is 153 Å². The fourth-order valence-corrected chi connectivity index (χ4v) is 3.39. The van der Waals surface area contributed by atoms with Gasteiger partial charge in [0.15, 0.2) is 0 Å². The van der Waals surface area contributed by atoms with Crippen molar-refractivity contribution in [1.29, 1.82) is 0 Å². The van der Waals surface area contributed by atoms with Gasteiger partial charge in [-0.05, 0) is 48.2 Å². The average molecular weight is 353 g/mol. The second kappa shape index (κ2) is 7.85. The molecule has 2 aliphatic rings. The fraction of sp³-hybridized carbons (Fsp3) is 0.400. The van der Waals surface area contributed by atoms with Gasteiger partial charge in [0.05, 0.1) is 31.6 Å². The summed E-state index contributed by atoms with van der Waals surface area (Å²) >= 11 is 0. The summed E-state index contributed by atoms with van der Waals surface area (Å²) in [7, 11) is 0. The number of carbonyl (C=O) groups excluding carboxylic acids is 1. The predicted molar refractivity (Wildman–Crippen MR) is 97.6 cm³/mol. The van der Waals surface area contributed by atoms with E-state index >= 15 is 0 Å². The molecule has 136 valence electrons. The zero-order chi connectivity index (χ0) is 17.8. The van der Waals surface area contributed by atoms with E-state index in [0.717, 1.165) is 36.4 Å². The molecule has 1 aromatic carbocycles. The molecule has 0 unspecified atom stereocenters. The average Bonchev–Trinajstić information content (AvgIpc) is 3.33. The Balaban J connectivity index is 1.47. The number of anilines is 1. The van der Waals surface area contributed by atoms with Gasteiger partial charge in [-0.25, -0.2) is 4.79 Å². The number of aromatic nitrogens is 1. The Kier molecular flexibility index (Phi) is 5.13. The number of hydrogen-bond donors (Lipinski definition) is 1. The second-order valence-electron chi connectivity index (χ2n) is 6.74. The van der Waals surface area contributed by atoms with Gasteiger partial charge in [-0.15, -0.1) is 0 Å². The molecule has 0 bridgehead atoms. The van der Waals surface area contributed by atoms with Gasteiger partial charge in [0.25, 0.3) is 0 Å². The molecule has 2 amide bonds. The molecule has 4 rings (SSSR count). The van der Waals surface area contributed by atoms with Crippen LogP contribution < -0.4 is 5.32 Å². The number of pyridine rings is 1. The van der Waals surface area contributed by atoms with Crippen molar-refractivity contribution in [2.24, 2.45) is 0 Å².